The van der Waals surface area contributed by atoms with Crippen molar-refractivity contribution in [2.75, 3.05) is 40.8 Å². The number of aliphatic hydroxyl groups excluding tert-OH is 1. The van der Waals surface area contributed by atoms with Gasteiger partial charge in [0.05, 0.1) is 17.7 Å². The molecule has 0 saturated carbocycles. The molecule has 4 nitrogen and oxygen atoms in total. The van der Waals surface area contributed by atoms with Crippen LogP contribution >= 0.6 is 0 Å². The van der Waals surface area contributed by atoms with Gasteiger partial charge in [-0.3, -0.25) is 0 Å². The highest BCUT2D eigenvalue weighted by Crippen LogP contribution is 2.14. The van der Waals surface area contributed by atoms with Crippen molar-refractivity contribution >= 4 is 0 Å². The summed E-state index contributed by atoms with van der Waals surface area (Å²) in [5.41, 5.74) is 1.48. The van der Waals surface area contributed by atoms with Gasteiger partial charge in [0.1, 0.15) is 0 Å². The molecule has 0 aliphatic carbocycles. The standard InChI is InChI=1S/C15H23N3O/c1-17(2)9-4-10-18(3)12-15(19)14-7-5-13(11-16)6-8-14/h5-8,15,19H,4,9-10,12H2,1-3H3. The molecule has 0 spiro atoms. The molecule has 0 bridgehead atoms. The van der Waals surface area contributed by atoms with Crippen LogP contribution in [0.1, 0.15) is 23.7 Å². The normalized spacial score (nSPS) is 12.7. The molecule has 1 aromatic carbocycles. The third kappa shape index (κ3) is 5.84. The Morgan fingerprint density at radius 3 is 2.32 bits per heavy atom. The van der Waals surface area contributed by atoms with Crippen molar-refractivity contribution in [3.63, 3.8) is 0 Å². The molecule has 1 aromatic rings. The molecule has 1 atom stereocenters. The summed E-state index contributed by atoms with van der Waals surface area (Å²) in [4.78, 5) is 4.29. The monoisotopic (exact) mass is 261 g/mol. The van der Waals surface area contributed by atoms with E-state index in [1.54, 1.807) is 12.1 Å². The molecule has 4 heteroatoms. The second-order valence-electron chi connectivity index (χ2n) is 5.17. The van der Waals surface area contributed by atoms with E-state index in [4.69, 9.17) is 5.26 Å². The quantitative estimate of drug-likeness (QED) is 0.807. The van der Waals surface area contributed by atoms with Crippen molar-refractivity contribution in [3.05, 3.63) is 35.4 Å². The fraction of sp³-hybridized carbons (Fsp3) is 0.533. The van der Waals surface area contributed by atoms with E-state index in [1.807, 2.05) is 19.2 Å². The lowest BCUT2D eigenvalue weighted by molar-refractivity contribution is 0.125. The summed E-state index contributed by atoms with van der Waals surface area (Å²) in [7, 11) is 6.14. The fourth-order valence-corrected chi connectivity index (χ4v) is 1.93. The van der Waals surface area contributed by atoms with E-state index in [0.29, 0.717) is 12.1 Å². The van der Waals surface area contributed by atoms with Crippen LogP contribution in [0.2, 0.25) is 0 Å². The molecule has 0 aliphatic heterocycles. The van der Waals surface area contributed by atoms with E-state index in [0.717, 1.165) is 25.1 Å². The topological polar surface area (TPSA) is 50.5 Å². The summed E-state index contributed by atoms with van der Waals surface area (Å²) in [6, 6.07) is 9.19. The SMILES string of the molecule is CN(C)CCCN(C)CC(O)c1ccc(C#N)cc1. The number of rotatable bonds is 7. The Labute approximate surface area is 115 Å². The summed E-state index contributed by atoms with van der Waals surface area (Å²) < 4.78 is 0. The van der Waals surface area contributed by atoms with Gasteiger partial charge >= 0.3 is 0 Å². The van der Waals surface area contributed by atoms with Crippen molar-refractivity contribution in [1.29, 1.82) is 5.26 Å². The minimum atomic E-state index is -0.503. The Morgan fingerprint density at radius 2 is 1.79 bits per heavy atom. The van der Waals surface area contributed by atoms with Crippen LogP contribution < -0.4 is 0 Å². The van der Waals surface area contributed by atoms with Crippen molar-refractivity contribution in [2.24, 2.45) is 0 Å². The van der Waals surface area contributed by atoms with E-state index in [2.05, 4.69) is 30.0 Å². The zero-order chi connectivity index (χ0) is 14.3. The molecule has 0 saturated heterocycles. The third-order valence-electron chi connectivity index (χ3n) is 3.05. The van der Waals surface area contributed by atoms with E-state index in [9.17, 15) is 5.11 Å². The zero-order valence-electron chi connectivity index (χ0n) is 12.0. The highest BCUT2D eigenvalue weighted by molar-refractivity contribution is 5.32. The Hall–Kier alpha value is -1.41. The first-order valence-corrected chi connectivity index (χ1v) is 6.54. The fourth-order valence-electron chi connectivity index (χ4n) is 1.93. The summed E-state index contributed by atoms with van der Waals surface area (Å²) in [6.45, 7) is 2.63. The van der Waals surface area contributed by atoms with Gasteiger partial charge in [0.25, 0.3) is 0 Å². The van der Waals surface area contributed by atoms with Crippen LogP contribution in [0.5, 0.6) is 0 Å². The summed E-state index contributed by atoms with van der Waals surface area (Å²) >= 11 is 0. The van der Waals surface area contributed by atoms with E-state index >= 15 is 0 Å². The number of nitrogens with zero attached hydrogens (tertiary/aromatic N) is 3. The molecular weight excluding hydrogens is 238 g/mol. The van der Waals surface area contributed by atoms with E-state index in [1.165, 1.54) is 0 Å². The first kappa shape index (κ1) is 15.6. The van der Waals surface area contributed by atoms with Crippen molar-refractivity contribution in [2.45, 2.75) is 12.5 Å². The molecule has 0 radical (unpaired) electrons. The summed E-state index contributed by atoms with van der Waals surface area (Å²) in [5, 5.41) is 18.9. The zero-order valence-corrected chi connectivity index (χ0v) is 12.0. The molecule has 104 valence electrons. The Bertz CT molecular complexity index is 408. The van der Waals surface area contributed by atoms with Crippen LogP contribution in [0.25, 0.3) is 0 Å². The minimum absolute atomic E-state index is 0.503. The Kier molecular flexibility index (Phi) is 6.51. The minimum Gasteiger partial charge on any atom is -0.387 e. The second-order valence-corrected chi connectivity index (χ2v) is 5.17. The Morgan fingerprint density at radius 1 is 1.16 bits per heavy atom. The maximum Gasteiger partial charge on any atom is 0.0991 e. The molecule has 0 heterocycles. The van der Waals surface area contributed by atoms with Gasteiger partial charge in [-0.05, 0) is 58.3 Å². The van der Waals surface area contributed by atoms with Gasteiger partial charge in [0.2, 0.25) is 0 Å². The summed E-state index contributed by atoms with van der Waals surface area (Å²) in [6.07, 6.45) is 0.584. The smallest absolute Gasteiger partial charge is 0.0991 e. The van der Waals surface area contributed by atoms with Gasteiger partial charge in [-0.15, -0.1) is 0 Å². The first-order chi connectivity index (χ1) is 9.02. The average molecular weight is 261 g/mol. The molecule has 1 rings (SSSR count). The lowest BCUT2D eigenvalue weighted by Gasteiger charge is -2.21. The maximum absolute atomic E-state index is 10.1. The second kappa shape index (κ2) is 7.90. The van der Waals surface area contributed by atoms with Gasteiger partial charge in [-0.2, -0.15) is 5.26 Å². The van der Waals surface area contributed by atoms with Crippen LogP contribution in [-0.4, -0.2) is 55.7 Å². The predicted molar refractivity (Wildman–Crippen MR) is 76.8 cm³/mol. The van der Waals surface area contributed by atoms with Gasteiger partial charge in [0.15, 0.2) is 0 Å². The number of nitriles is 1. The number of aliphatic hydroxyl groups is 1. The molecule has 0 fully saturated rings. The predicted octanol–water partition coefficient (Wildman–Crippen LogP) is 1.48. The largest absolute Gasteiger partial charge is 0.387 e. The molecule has 1 unspecified atom stereocenters. The van der Waals surface area contributed by atoms with Gasteiger partial charge < -0.3 is 14.9 Å². The van der Waals surface area contributed by atoms with E-state index in [-0.39, 0.29) is 0 Å². The van der Waals surface area contributed by atoms with Gasteiger partial charge in [-0.1, -0.05) is 12.1 Å². The van der Waals surface area contributed by atoms with Crippen molar-refractivity contribution in [1.82, 2.24) is 9.80 Å². The van der Waals surface area contributed by atoms with Crippen LogP contribution in [0, 0.1) is 11.3 Å². The highest BCUT2D eigenvalue weighted by atomic mass is 16.3. The van der Waals surface area contributed by atoms with Crippen LogP contribution in [-0.2, 0) is 0 Å². The van der Waals surface area contributed by atoms with Crippen LogP contribution in [0.15, 0.2) is 24.3 Å². The van der Waals surface area contributed by atoms with Crippen molar-refractivity contribution < 1.29 is 5.11 Å². The van der Waals surface area contributed by atoms with Crippen molar-refractivity contribution in [3.8, 4) is 6.07 Å². The number of likely N-dealkylation sites (N-methyl/N-ethyl adjacent to an activating group) is 1. The van der Waals surface area contributed by atoms with E-state index < -0.39 is 6.10 Å². The molecule has 1 N–H and O–H groups in total. The first-order valence-electron chi connectivity index (χ1n) is 6.54. The molecular formula is C15H23N3O. The van der Waals surface area contributed by atoms with Crippen LogP contribution in [0.4, 0.5) is 0 Å². The highest BCUT2D eigenvalue weighted by Gasteiger charge is 2.10. The lowest BCUT2D eigenvalue weighted by atomic mass is 10.1. The number of benzene rings is 1. The molecule has 19 heavy (non-hydrogen) atoms. The Balaban J connectivity index is 2.40. The maximum atomic E-state index is 10.1. The summed E-state index contributed by atoms with van der Waals surface area (Å²) in [5.74, 6) is 0. The molecule has 0 aliphatic rings. The lowest BCUT2D eigenvalue weighted by Crippen LogP contribution is -2.27. The number of hydrogen-bond acceptors (Lipinski definition) is 4. The van der Waals surface area contributed by atoms with Gasteiger partial charge in [0, 0.05) is 6.54 Å². The number of hydrogen-bond donors (Lipinski definition) is 1. The molecule has 0 amide bonds. The third-order valence-corrected chi connectivity index (χ3v) is 3.05. The average Bonchev–Trinajstić information content (AvgIpc) is 2.38. The molecule has 0 aromatic heterocycles. The van der Waals surface area contributed by atoms with Crippen LogP contribution in [0.3, 0.4) is 0 Å². The van der Waals surface area contributed by atoms with Gasteiger partial charge in [-0.25, -0.2) is 0 Å².